The smallest absolute Gasteiger partial charge is 0.248 e. The highest BCUT2D eigenvalue weighted by atomic mass is 35.5. The third-order valence-corrected chi connectivity index (χ3v) is 4.63. The first-order valence-corrected chi connectivity index (χ1v) is 9.08. The number of nitrogens with zero attached hydrogens (tertiary/aromatic N) is 2. The van der Waals surface area contributed by atoms with E-state index in [1.54, 1.807) is 6.20 Å². The van der Waals surface area contributed by atoms with E-state index in [0.29, 0.717) is 30.5 Å². The molecule has 1 atom stereocenters. The predicted molar refractivity (Wildman–Crippen MR) is 95.8 cm³/mol. The zero-order valence-corrected chi connectivity index (χ0v) is 15.2. The van der Waals surface area contributed by atoms with Crippen LogP contribution in [-0.2, 0) is 16.0 Å². The van der Waals surface area contributed by atoms with Gasteiger partial charge in [0.05, 0.1) is 12.1 Å². The Hall–Kier alpha value is -1.85. The standard InChI is InChI=1S/C19H23ClN2O3/c1-2-24-13-18(23)22-8-4-6-15(12-22)19-21-11-17(25-19)10-14-5-3-7-16(20)9-14/h3,5,7,9,11,15H,2,4,6,8,10,12-13H2,1H3. The van der Waals surface area contributed by atoms with Gasteiger partial charge >= 0.3 is 0 Å². The van der Waals surface area contributed by atoms with Crippen molar-refractivity contribution in [1.29, 1.82) is 0 Å². The largest absolute Gasteiger partial charge is 0.445 e. The molecule has 1 unspecified atom stereocenters. The second-order valence-corrected chi connectivity index (χ2v) is 6.72. The fourth-order valence-corrected chi connectivity index (χ4v) is 3.34. The topological polar surface area (TPSA) is 55.6 Å². The summed E-state index contributed by atoms with van der Waals surface area (Å²) < 4.78 is 11.2. The number of likely N-dealkylation sites (tertiary alicyclic amines) is 1. The van der Waals surface area contributed by atoms with Crippen LogP contribution in [0.4, 0.5) is 0 Å². The van der Waals surface area contributed by atoms with Gasteiger partial charge in [-0.2, -0.15) is 0 Å². The Balaban J connectivity index is 1.62. The van der Waals surface area contributed by atoms with Crippen LogP contribution in [0.5, 0.6) is 0 Å². The Morgan fingerprint density at radius 2 is 2.36 bits per heavy atom. The molecule has 1 saturated heterocycles. The van der Waals surface area contributed by atoms with E-state index < -0.39 is 0 Å². The lowest BCUT2D eigenvalue weighted by Gasteiger charge is -2.31. The van der Waals surface area contributed by atoms with Crippen LogP contribution >= 0.6 is 11.6 Å². The lowest BCUT2D eigenvalue weighted by atomic mass is 9.98. The normalized spacial score (nSPS) is 17.7. The predicted octanol–water partition coefficient (Wildman–Crippen LogP) is 3.66. The van der Waals surface area contributed by atoms with Gasteiger partial charge in [-0.25, -0.2) is 4.98 Å². The van der Waals surface area contributed by atoms with Crippen LogP contribution in [0.1, 0.15) is 42.9 Å². The van der Waals surface area contributed by atoms with Gasteiger partial charge in [0.25, 0.3) is 0 Å². The Bertz CT molecular complexity index is 716. The van der Waals surface area contributed by atoms with E-state index in [4.69, 9.17) is 20.8 Å². The van der Waals surface area contributed by atoms with Gasteiger partial charge in [0, 0.05) is 31.1 Å². The summed E-state index contributed by atoms with van der Waals surface area (Å²) in [4.78, 5) is 18.4. The van der Waals surface area contributed by atoms with Crippen molar-refractivity contribution in [2.24, 2.45) is 0 Å². The molecule has 0 N–H and O–H groups in total. The molecule has 0 spiro atoms. The molecule has 1 fully saturated rings. The average molecular weight is 363 g/mol. The number of hydrogen-bond acceptors (Lipinski definition) is 4. The summed E-state index contributed by atoms with van der Waals surface area (Å²) in [6.07, 6.45) is 4.37. The summed E-state index contributed by atoms with van der Waals surface area (Å²) in [5.74, 6) is 1.71. The van der Waals surface area contributed by atoms with Crippen LogP contribution < -0.4 is 0 Å². The minimum Gasteiger partial charge on any atom is -0.445 e. The van der Waals surface area contributed by atoms with Gasteiger partial charge in [-0.3, -0.25) is 4.79 Å². The molecule has 0 bridgehead atoms. The molecule has 1 aromatic heterocycles. The molecular formula is C19H23ClN2O3. The van der Waals surface area contributed by atoms with E-state index in [0.717, 1.165) is 30.7 Å². The Morgan fingerprint density at radius 3 is 3.16 bits per heavy atom. The van der Waals surface area contributed by atoms with Crippen molar-refractivity contribution in [3.63, 3.8) is 0 Å². The highest BCUT2D eigenvalue weighted by Crippen LogP contribution is 2.27. The third-order valence-electron chi connectivity index (χ3n) is 4.39. The fraction of sp³-hybridized carbons (Fsp3) is 0.474. The number of rotatable bonds is 6. The zero-order chi connectivity index (χ0) is 17.6. The van der Waals surface area contributed by atoms with Gasteiger partial charge in [-0.15, -0.1) is 0 Å². The number of halogens is 1. The molecule has 0 aliphatic carbocycles. The number of carbonyl (C=O) groups excluding carboxylic acids is 1. The molecule has 134 valence electrons. The Kier molecular flexibility index (Phi) is 6.10. The van der Waals surface area contributed by atoms with E-state index in [9.17, 15) is 4.79 Å². The number of oxazole rings is 1. The number of hydrogen-bond donors (Lipinski definition) is 0. The Labute approximate surface area is 152 Å². The van der Waals surface area contributed by atoms with Crippen molar-refractivity contribution >= 4 is 17.5 Å². The number of aromatic nitrogens is 1. The summed E-state index contributed by atoms with van der Waals surface area (Å²) >= 11 is 6.03. The monoisotopic (exact) mass is 362 g/mol. The number of carbonyl (C=O) groups is 1. The number of piperidine rings is 1. The van der Waals surface area contributed by atoms with Crippen molar-refractivity contribution in [3.8, 4) is 0 Å². The Morgan fingerprint density at radius 1 is 1.48 bits per heavy atom. The highest BCUT2D eigenvalue weighted by molar-refractivity contribution is 6.30. The first kappa shape index (κ1) is 18.0. The summed E-state index contributed by atoms with van der Waals surface area (Å²) in [7, 11) is 0. The van der Waals surface area contributed by atoms with Crippen molar-refractivity contribution < 1.29 is 13.9 Å². The number of ether oxygens (including phenoxy) is 1. The molecule has 1 aliphatic rings. The molecule has 5 nitrogen and oxygen atoms in total. The quantitative estimate of drug-likeness (QED) is 0.786. The van der Waals surface area contributed by atoms with E-state index in [-0.39, 0.29) is 18.4 Å². The maximum Gasteiger partial charge on any atom is 0.248 e. The molecule has 1 aromatic carbocycles. The lowest BCUT2D eigenvalue weighted by Crippen LogP contribution is -2.41. The maximum atomic E-state index is 12.1. The molecule has 0 radical (unpaired) electrons. The van der Waals surface area contributed by atoms with E-state index in [1.807, 2.05) is 36.1 Å². The first-order valence-electron chi connectivity index (χ1n) is 8.70. The van der Waals surface area contributed by atoms with Gasteiger partial charge in [0.15, 0.2) is 5.89 Å². The second kappa shape index (κ2) is 8.50. The molecule has 0 saturated carbocycles. The van der Waals surface area contributed by atoms with Gasteiger partial charge < -0.3 is 14.1 Å². The SMILES string of the molecule is CCOCC(=O)N1CCCC(c2ncc(Cc3cccc(Cl)c3)o2)C1. The van der Waals surface area contributed by atoms with Gasteiger partial charge in [-0.05, 0) is 37.5 Å². The summed E-state index contributed by atoms with van der Waals surface area (Å²) in [5.41, 5.74) is 1.09. The summed E-state index contributed by atoms with van der Waals surface area (Å²) in [6.45, 7) is 4.01. The van der Waals surface area contributed by atoms with Crippen LogP contribution in [-0.4, -0.2) is 42.1 Å². The van der Waals surface area contributed by atoms with E-state index in [1.165, 1.54) is 0 Å². The molecular weight excluding hydrogens is 340 g/mol. The molecule has 2 aromatic rings. The highest BCUT2D eigenvalue weighted by Gasteiger charge is 2.27. The van der Waals surface area contributed by atoms with Crippen molar-refractivity contribution in [1.82, 2.24) is 9.88 Å². The summed E-state index contributed by atoms with van der Waals surface area (Å²) in [6, 6.07) is 7.73. The number of amides is 1. The summed E-state index contributed by atoms with van der Waals surface area (Å²) in [5, 5.41) is 0.716. The zero-order valence-electron chi connectivity index (χ0n) is 14.4. The van der Waals surface area contributed by atoms with Gasteiger partial charge in [0.2, 0.25) is 5.91 Å². The average Bonchev–Trinajstić information content (AvgIpc) is 3.08. The molecule has 2 heterocycles. The number of benzene rings is 1. The van der Waals surface area contributed by atoms with Gasteiger partial charge in [-0.1, -0.05) is 23.7 Å². The molecule has 1 amide bonds. The van der Waals surface area contributed by atoms with E-state index >= 15 is 0 Å². The fourth-order valence-electron chi connectivity index (χ4n) is 3.13. The third kappa shape index (κ3) is 4.83. The minimum atomic E-state index is 0.0391. The van der Waals surface area contributed by atoms with Crippen molar-refractivity contribution in [2.75, 3.05) is 26.3 Å². The molecule has 6 heteroatoms. The van der Waals surface area contributed by atoms with E-state index in [2.05, 4.69) is 4.98 Å². The van der Waals surface area contributed by atoms with Crippen LogP contribution in [0.3, 0.4) is 0 Å². The maximum absolute atomic E-state index is 12.1. The van der Waals surface area contributed by atoms with Crippen LogP contribution in [0.25, 0.3) is 0 Å². The first-order chi connectivity index (χ1) is 12.2. The van der Waals surface area contributed by atoms with Crippen LogP contribution in [0.2, 0.25) is 5.02 Å². The molecule has 3 rings (SSSR count). The van der Waals surface area contributed by atoms with Gasteiger partial charge in [0.1, 0.15) is 12.4 Å². The second-order valence-electron chi connectivity index (χ2n) is 6.29. The lowest BCUT2D eigenvalue weighted by molar-refractivity contribution is -0.137. The van der Waals surface area contributed by atoms with Crippen LogP contribution in [0.15, 0.2) is 34.9 Å². The minimum absolute atomic E-state index is 0.0391. The van der Waals surface area contributed by atoms with Crippen molar-refractivity contribution in [3.05, 3.63) is 52.7 Å². The van der Waals surface area contributed by atoms with Crippen LogP contribution in [0, 0.1) is 0 Å². The van der Waals surface area contributed by atoms with Crippen molar-refractivity contribution in [2.45, 2.75) is 32.1 Å². The molecule has 25 heavy (non-hydrogen) atoms. The molecule has 1 aliphatic heterocycles.